The Morgan fingerprint density at radius 2 is 2.11 bits per heavy atom. The summed E-state index contributed by atoms with van der Waals surface area (Å²) in [5.74, 6) is 0.411. The van der Waals surface area contributed by atoms with Crippen LogP contribution >= 0.6 is 0 Å². The Morgan fingerprint density at radius 3 is 2.22 bits per heavy atom. The minimum atomic E-state index is -1.08. The highest BCUT2D eigenvalue weighted by Crippen LogP contribution is 2.14. The fourth-order valence-electron chi connectivity index (χ4n) is 0.209. The first-order chi connectivity index (χ1) is 4.00. The third-order valence-electron chi connectivity index (χ3n) is 0.971. The predicted octanol–water partition coefficient (Wildman–Crippen LogP) is 0.485. The van der Waals surface area contributed by atoms with E-state index in [1.807, 2.05) is 0 Å². The van der Waals surface area contributed by atoms with Crippen molar-refractivity contribution in [1.29, 1.82) is 0 Å². The van der Waals surface area contributed by atoms with Crippen LogP contribution in [-0.2, 0) is 9.59 Å². The number of carbonyl (C=O) groups excluding carboxylic acids is 1. The maximum absolute atomic E-state index is 10.2. The van der Waals surface area contributed by atoms with E-state index in [2.05, 4.69) is 0 Å². The lowest BCUT2D eigenvalue weighted by Crippen LogP contribution is -2.20. The van der Waals surface area contributed by atoms with Gasteiger partial charge < -0.3 is 5.11 Å². The summed E-state index contributed by atoms with van der Waals surface area (Å²) in [6.07, 6.45) is 0.981. The molecule has 3 heteroatoms. The summed E-state index contributed by atoms with van der Waals surface area (Å²) in [6, 6.07) is 0. The fourth-order valence-corrected chi connectivity index (χ4v) is 0.209. The largest absolute Gasteiger partial charge is 0.481 e. The van der Waals surface area contributed by atoms with Gasteiger partial charge in [-0.3, -0.25) is 4.79 Å². The lowest BCUT2D eigenvalue weighted by molar-refractivity contribution is -0.144. The normalized spacial score (nSPS) is 10.0. The number of rotatable bonds is 2. The fraction of sp³-hybridized carbons (Fsp3) is 0.500. The predicted molar refractivity (Wildman–Crippen MR) is 31.7 cm³/mol. The van der Waals surface area contributed by atoms with Crippen LogP contribution in [0.2, 0.25) is 0 Å². The molecular weight excluding hydrogens is 120 g/mol. The van der Waals surface area contributed by atoms with Crippen molar-refractivity contribution in [2.75, 3.05) is 0 Å². The van der Waals surface area contributed by atoms with Crippen LogP contribution in [0.4, 0.5) is 0 Å². The van der Waals surface area contributed by atoms with Gasteiger partial charge in [0.15, 0.2) is 0 Å². The number of hydrogen-bond donors (Lipinski definition) is 1. The summed E-state index contributed by atoms with van der Waals surface area (Å²) in [5, 5.41) is 8.36. The van der Waals surface area contributed by atoms with Crippen molar-refractivity contribution < 1.29 is 14.7 Å². The Hall–Kier alpha value is -1.08. The third-order valence-corrected chi connectivity index (χ3v) is 0.971. The van der Waals surface area contributed by atoms with E-state index in [0.717, 1.165) is 6.08 Å². The minimum absolute atomic E-state index is 0.981. The molecule has 0 spiro atoms. The van der Waals surface area contributed by atoms with Crippen molar-refractivity contribution in [3.8, 4) is 0 Å². The minimum Gasteiger partial charge on any atom is -0.481 e. The average molecular weight is 128 g/mol. The molecule has 0 saturated carbocycles. The van der Waals surface area contributed by atoms with E-state index >= 15 is 0 Å². The summed E-state index contributed by atoms with van der Waals surface area (Å²) in [7, 11) is 0. The molecule has 0 bridgehead atoms. The smallest absolute Gasteiger partial charge is 0.313 e. The van der Waals surface area contributed by atoms with E-state index in [1.165, 1.54) is 19.8 Å². The lowest BCUT2D eigenvalue weighted by atomic mass is 9.94. The van der Waals surface area contributed by atoms with Gasteiger partial charge >= 0.3 is 5.97 Å². The van der Waals surface area contributed by atoms with Crippen LogP contribution in [0.5, 0.6) is 0 Å². The Morgan fingerprint density at radius 1 is 1.67 bits per heavy atom. The topological polar surface area (TPSA) is 54.4 Å². The monoisotopic (exact) mass is 128 g/mol. The molecule has 0 atom stereocenters. The molecule has 0 radical (unpaired) electrons. The van der Waals surface area contributed by atoms with Gasteiger partial charge in [-0.05, 0) is 13.8 Å². The first kappa shape index (κ1) is 7.92. The summed E-state index contributed by atoms with van der Waals surface area (Å²) < 4.78 is 0. The molecule has 0 aromatic heterocycles. The lowest BCUT2D eigenvalue weighted by Gasteiger charge is -2.09. The third kappa shape index (κ3) is 2.11. The molecular formula is C6H8O3. The van der Waals surface area contributed by atoms with E-state index < -0.39 is 11.4 Å². The zero-order valence-corrected chi connectivity index (χ0v) is 5.34. The maximum Gasteiger partial charge on any atom is 0.313 e. The molecule has 0 aromatic carbocycles. The van der Waals surface area contributed by atoms with Crippen LogP contribution in [0.25, 0.3) is 0 Å². The molecule has 1 N–H and O–H groups in total. The number of aliphatic carboxylic acids is 1. The highest BCUT2D eigenvalue weighted by molar-refractivity contribution is 5.78. The van der Waals surface area contributed by atoms with Gasteiger partial charge in [-0.2, -0.15) is 0 Å². The van der Waals surface area contributed by atoms with Gasteiger partial charge in [-0.1, -0.05) is 0 Å². The van der Waals surface area contributed by atoms with Gasteiger partial charge in [0.1, 0.15) is 5.94 Å². The zero-order chi connectivity index (χ0) is 7.49. The Bertz CT molecular complexity index is 159. The highest BCUT2D eigenvalue weighted by atomic mass is 16.4. The van der Waals surface area contributed by atoms with Crippen LogP contribution < -0.4 is 0 Å². The van der Waals surface area contributed by atoms with Crippen molar-refractivity contribution >= 4 is 11.9 Å². The summed E-state index contributed by atoms with van der Waals surface area (Å²) in [5.41, 5.74) is -1.08. The van der Waals surface area contributed by atoms with Crippen LogP contribution in [0.3, 0.4) is 0 Å². The molecule has 0 rings (SSSR count). The maximum atomic E-state index is 10.2. The molecule has 0 heterocycles. The number of hydrogen-bond acceptors (Lipinski definition) is 2. The zero-order valence-electron chi connectivity index (χ0n) is 5.34. The Labute approximate surface area is 53.0 Å². The van der Waals surface area contributed by atoms with Crippen molar-refractivity contribution in [2.24, 2.45) is 5.41 Å². The summed E-state index contributed by atoms with van der Waals surface area (Å²) in [4.78, 5) is 19.9. The van der Waals surface area contributed by atoms with E-state index in [1.54, 1.807) is 0 Å². The molecule has 0 saturated heterocycles. The van der Waals surface area contributed by atoms with Crippen LogP contribution in [0.15, 0.2) is 6.08 Å². The van der Waals surface area contributed by atoms with Crippen molar-refractivity contribution in [3.63, 3.8) is 0 Å². The molecule has 0 aliphatic rings. The van der Waals surface area contributed by atoms with Crippen LogP contribution in [0, 0.1) is 5.41 Å². The van der Waals surface area contributed by atoms with Gasteiger partial charge in [-0.15, -0.1) is 0 Å². The second-order valence-corrected chi connectivity index (χ2v) is 2.29. The standard InChI is InChI=1S/C6H8O3/c1-6(2,3-4-7)5(8)9/h3H,1-2H3,(H,8,9). The molecule has 0 aromatic rings. The van der Waals surface area contributed by atoms with Gasteiger partial charge in [0, 0.05) is 6.08 Å². The number of carboxylic acids is 1. The highest BCUT2D eigenvalue weighted by Gasteiger charge is 2.23. The molecule has 3 nitrogen and oxygen atoms in total. The number of carboxylic acid groups (broad SMARTS) is 1. The molecule has 9 heavy (non-hydrogen) atoms. The Balaban J connectivity index is 4.37. The summed E-state index contributed by atoms with van der Waals surface area (Å²) in [6.45, 7) is 2.86. The van der Waals surface area contributed by atoms with E-state index in [9.17, 15) is 9.59 Å². The SMILES string of the molecule is CC(C)(C=C=O)C(=O)O. The molecule has 50 valence electrons. The second kappa shape index (κ2) is 2.46. The number of carbonyl (C=O) groups is 1. The van der Waals surface area contributed by atoms with Crippen LogP contribution in [-0.4, -0.2) is 17.0 Å². The van der Waals surface area contributed by atoms with E-state index in [4.69, 9.17) is 5.11 Å². The molecule has 0 aliphatic carbocycles. The first-order valence-electron chi connectivity index (χ1n) is 2.46. The molecule has 0 aliphatic heterocycles. The first-order valence-corrected chi connectivity index (χ1v) is 2.46. The molecule has 0 amide bonds. The van der Waals surface area contributed by atoms with Crippen molar-refractivity contribution in [3.05, 3.63) is 6.08 Å². The summed E-state index contributed by atoms with van der Waals surface area (Å²) >= 11 is 0. The van der Waals surface area contributed by atoms with E-state index in [0.29, 0.717) is 0 Å². The van der Waals surface area contributed by atoms with Crippen molar-refractivity contribution in [2.45, 2.75) is 13.8 Å². The average Bonchev–Trinajstić information content (AvgIpc) is 1.65. The van der Waals surface area contributed by atoms with E-state index in [-0.39, 0.29) is 0 Å². The quantitative estimate of drug-likeness (QED) is 0.550. The van der Waals surface area contributed by atoms with Gasteiger partial charge in [-0.25, -0.2) is 4.79 Å². The van der Waals surface area contributed by atoms with Crippen molar-refractivity contribution in [1.82, 2.24) is 0 Å². The van der Waals surface area contributed by atoms with Gasteiger partial charge in [0.2, 0.25) is 0 Å². The second-order valence-electron chi connectivity index (χ2n) is 2.29. The van der Waals surface area contributed by atoms with Gasteiger partial charge in [0.05, 0.1) is 5.41 Å². The Kier molecular flexibility index (Phi) is 2.17. The molecule has 0 unspecified atom stereocenters. The van der Waals surface area contributed by atoms with Gasteiger partial charge in [0.25, 0.3) is 0 Å². The van der Waals surface area contributed by atoms with Crippen LogP contribution in [0.1, 0.15) is 13.8 Å². The molecule has 0 fully saturated rings.